The zero-order chi connectivity index (χ0) is 11.7. The number of carbonyl (C=O) groups excluding carboxylic acids is 1. The standard InChI is InChI=1S/C11H24N2O2/c1-9(2)5-7-13-11(14)10(3)15-8-4-6-12/h9-10H,4-8,12H2,1-3H3,(H,13,14). The van der Waals surface area contributed by atoms with Crippen LogP contribution in [0.25, 0.3) is 0 Å². The highest BCUT2D eigenvalue weighted by Gasteiger charge is 2.11. The Kier molecular flexibility index (Phi) is 8.33. The van der Waals surface area contributed by atoms with E-state index in [2.05, 4.69) is 19.2 Å². The third kappa shape index (κ3) is 8.39. The highest BCUT2D eigenvalue weighted by molar-refractivity contribution is 5.80. The van der Waals surface area contributed by atoms with Gasteiger partial charge in [-0.15, -0.1) is 0 Å². The van der Waals surface area contributed by atoms with Crippen LogP contribution in [0.1, 0.15) is 33.6 Å². The summed E-state index contributed by atoms with van der Waals surface area (Å²) in [4.78, 5) is 11.5. The molecule has 0 fully saturated rings. The smallest absolute Gasteiger partial charge is 0.248 e. The van der Waals surface area contributed by atoms with Crippen LogP contribution in [0, 0.1) is 5.92 Å². The molecule has 1 atom stereocenters. The predicted molar refractivity (Wildman–Crippen MR) is 61.6 cm³/mol. The molecule has 1 unspecified atom stereocenters. The quantitative estimate of drug-likeness (QED) is 0.593. The lowest BCUT2D eigenvalue weighted by molar-refractivity contribution is -0.131. The molecule has 0 aromatic heterocycles. The van der Waals surface area contributed by atoms with Crippen LogP contribution in [0.5, 0.6) is 0 Å². The molecular weight excluding hydrogens is 192 g/mol. The fraction of sp³-hybridized carbons (Fsp3) is 0.909. The Morgan fingerprint density at radius 2 is 2.07 bits per heavy atom. The summed E-state index contributed by atoms with van der Waals surface area (Å²) < 4.78 is 5.31. The van der Waals surface area contributed by atoms with E-state index in [-0.39, 0.29) is 12.0 Å². The van der Waals surface area contributed by atoms with Crippen LogP contribution in [-0.4, -0.2) is 31.7 Å². The average Bonchev–Trinajstić information content (AvgIpc) is 2.17. The molecular formula is C11H24N2O2. The second kappa shape index (κ2) is 8.68. The molecule has 3 N–H and O–H groups in total. The number of carbonyl (C=O) groups is 1. The molecule has 0 aromatic carbocycles. The van der Waals surface area contributed by atoms with Gasteiger partial charge in [-0.1, -0.05) is 13.8 Å². The van der Waals surface area contributed by atoms with Gasteiger partial charge in [0, 0.05) is 13.2 Å². The van der Waals surface area contributed by atoms with Gasteiger partial charge in [0.15, 0.2) is 0 Å². The fourth-order valence-electron chi connectivity index (χ4n) is 1.05. The molecule has 0 bridgehead atoms. The monoisotopic (exact) mass is 216 g/mol. The Morgan fingerprint density at radius 1 is 1.40 bits per heavy atom. The Labute approximate surface area is 92.6 Å². The van der Waals surface area contributed by atoms with Crippen molar-refractivity contribution in [3.05, 3.63) is 0 Å². The lowest BCUT2D eigenvalue weighted by Gasteiger charge is -2.13. The van der Waals surface area contributed by atoms with Crippen molar-refractivity contribution in [1.29, 1.82) is 0 Å². The van der Waals surface area contributed by atoms with E-state index < -0.39 is 0 Å². The average molecular weight is 216 g/mol. The molecule has 0 aliphatic carbocycles. The molecule has 4 nitrogen and oxygen atoms in total. The Hall–Kier alpha value is -0.610. The van der Waals surface area contributed by atoms with Crippen molar-refractivity contribution < 1.29 is 9.53 Å². The minimum Gasteiger partial charge on any atom is -0.369 e. The van der Waals surface area contributed by atoms with Crippen molar-refractivity contribution in [3.63, 3.8) is 0 Å². The zero-order valence-electron chi connectivity index (χ0n) is 10.1. The SMILES string of the molecule is CC(C)CCNC(=O)C(C)OCCCN. The summed E-state index contributed by atoms with van der Waals surface area (Å²) in [5.41, 5.74) is 5.32. The molecule has 0 rings (SSSR count). The topological polar surface area (TPSA) is 64.3 Å². The molecule has 0 radical (unpaired) electrons. The van der Waals surface area contributed by atoms with Crippen molar-refractivity contribution >= 4 is 5.91 Å². The lowest BCUT2D eigenvalue weighted by Crippen LogP contribution is -2.35. The first kappa shape index (κ1) is 14.4. The molecule has 0 saturated heterocycles. The number of nitrogens with one attached hydrogen (secondary N) is 1. The van der Waals surface area contributed by atoms with Crippen LogP contribution < -0.4 is 11.1 Å². The summed E-state index contributed by atoms with van der Waals surface area (Å²) >= 11 is 0. The third-order valence-corrected chi connectivity index (χ3v) is 2.11. The highest BCUT2D eigenvalue weighted by Crippen LogP contribution is 1.97. The van der Waals surface area contributed by atoms with Gasteiger partial charge in [0.05, 0.1) is 0 Å². The molecule has 0 aliphatic heterocycles. The summed E-state index contributed by atoms with van der Waals surface area (Å²) in [7, 11) is 0. The van der Waals surface area contributed by atoms with E-state index in [0.717, 1.165) is 19.4 Å². The second-order valence-electron chi connectivity index (χ2n) is 4.13. The minimum atomic E-state index is -0.372. The van der Waals surface area contributed by atoms with Crippen LogP contribution in [0.3, 0.4) is 0 Å². The van der Waals surface area contributed by atoms with Gasteiger partial charge in [0.2, 0.25) is 5.91 Å². The third-order valence-electron chi connectivity index (χ3n) is 2.11. The van der Waals surface area contributed by atoms with Crippen LogP contribution in [0.15, 0.2) is 0 Å². The number of amides is 1. The largest absolute Gasteiger partial charge is 0.369 e. The number of hydrogen-bond donors (Lipinski definition) is 2. The van der Waals surface area contributed by atoms with Crippen LogP contribution in [0.2, 0.25) is 0 Å². The number of rotatable bonds is 8. The Balaban J connectivity index is 3.51. The van der Waals surface area contributed by atoms with Crippen LogP contribution in [0.4, 0.5) is 0 Å². The van der Waals surface area contributed by atoms with Crippen LogP contribution in [-0.2, 0) is 9.53 Å². The number of hydrogen-bond acceptors (Lipinski definition) is 3. The van der Waals surface area contributed by atoms with E-state index in [4.69, 9.17) is 10.5 Å². The van der Waals surface area contributed by atoms with Gasteiger partial charge in [0.25, 0.3) is 0 Å². The van der Waals surface area contributed by atoms with Crippen molar-refractivity contribution in [2.75, 3.05) is 19.7 Å². The van der Waals surface area contributed by atoms with Gasteiger partial charge in [0.1, 0.15) is 6.10 Å². The van der Waals surface area contributed by atoms with Crippen molar-refractivity contribution in [2.45, 2.75) is 39.7 Å². The van der Waals surface area contributed by atoms with Crippen molar-refractivity contribution in [3.8, 4) is 0 Å². The predicted octanol–water partition coefficient (Wildman–Crippen LogP) is 0.903. The van der Waals surface area contributed by atoms with E-state index in [9.17, 15) is 4.79 Å². The van der Waals surface area contributed by atoms with E-state index in [1.165, 1.54) is 0 Å². The maximum absolute atomic E-state index is 11.5. The van der Waals surface area contributed by atoms with Crippen molar-refractivity contribution in [2.24, 2.45) is 11.7 Å². The molecule has 0 heterocycles. The van der Waals surface area contributed by atoms with E-state index in [1.54, 1.807) is 6.92 Å². The summed E-state index contributed by atoms with van der Waals surface area (Å²) in [6, 6.07) is 0. The van der Waals surface area contributed by atoms with E-state index >= 15 is 0 Å². The van der Waals surface area contributed by atoms with Gasteiger partial charge >= 0.3 is 0 Å². The van der Waals surface area contributed by atoms with Gasteiger partial charge in [-0.3, -0.25) is 4.79 Å². The second-order valence-corrected chi connectivity index (χ2v) is 4.13. The van der Waals surface area contributed by atoms with Crippen LogP contribution >= 0.6 is 0 Å². The normalized spacial score (nSPS) is 12.9. The maximum atomic E-state index is 11.5. The van der Waals surface area contributed by atoms with Gasteiger partial charge < -0.3 is 15.8 Å². The highest BCUT2D eigenvalue weighted by atomic mass is 16.5. The molecule has 0 spiro atoms. The number of nitrogens with two attached hydrogens (primary N) is 1. The molecule has 0 saturated carbocycles. The summed E-state index contributed by atoms with van der Waals surface area (Å²) in [6.45, 7) is 7.90. The molecule has 90 valence electrons. The number of ether oxygens (including phenoxy) is 1. The first-order chi connectivity index (χ1) is 7.07. The van der Waals surface area contributed by atoms with E-state index in [1.807, 2.05) is 0 Å². The lowest BCUT2D eigenvalue weighted by atomic mass is 10.1. The van der Waals surface area contributed by atoms with Gasteiger partial charge in [-0.05, 0) is 32.2 Å². The molecule has 15 heavy (non-hydrogen) atoms. The molecule has 0 aliphatic rings. The summed E-state index contributed by atoms with van der Waals surface area (Å²) in [6.07, 6.45) is 1.42. The fourth-order valence-corrected chi connectivity index (χ4v) is 1.05. The molecule has 4 heteroatoms. The summed E-state index contributed by atoms with van der Waals surface area (Å²) in [5, 5.41) is 2.85. The molecule has 0 aromatic rings. The van der Waals surface area contributed by atoms with E-state index in [0.29, 0.717) is 19.1 Å². The first-order valence-corrected chi connectivity index (χ1v) is 5.67. The Bertz CT molecular complexity index is 172. The van der Waals surface area contributed by atoms with Gasteiger partial charge in [-0.25, -0.2) is 0 Å². The van der Waals surface area contributed by atoms with Gasteiger partial charge in [-0.2, -0.15) is 0 Å². The minimum absolute atomic E-state index is 0.0346. The van der Waals surface area contributed by atoms with Crippen molar-refractivity contribution in [1.82, 2.24) is 5.32 Å². The zero-order valence-corrected chi connectivity index (χ0v) is 10.1. The maximum Gasteiger partial charge on any atom is 0.248 e. The summed E-state index contributed by atoms with van der Waals surface area (Å²) in [5.74, 6) is 0.575. The Morgan fingerprint density at radius 3 is 2.60 bits per heavy atom. The first-order valence-electron chi connectivity index (χ1n) is 5.67. The molecule has 1 amide bonds.